The van der Waals surface area contributed by atoms with Crippen molar-refractivity contribution in [2.24, 2.45) is 7.05 Å². The number of aryl methyl sites for hydroxylation is 1. The maximum atomic E-state index is 13.5. The lowest BCUT2D eigenvalue weighted by molar-refractivity contribution is -0.142. The normalized spacial score (nSPS) is 15.9. The number of nitrogens with zero attached hydrogens (tertiary/aromatic N) is 6. The minimum absolute atomic E-state index is 0.0292. The summed E-state index contributed by atoms with van der Waals surface area (Å²) in [6.45, 7) is 9.59. The number of allylic oxidation sites excluding steroid dienone is 4. The van der Waals surface area contributed by atoms with E-state index in [1.807, 2.05) is 14.0 Å². The molecule has 10 nitrogen and oxygen atoms in total. The van der Waals surface area contributed by atoms with Crippen LogP contribution < -0.4 is 0 Å². The van der Waals surface area contributed by atoms with Gasteiger partial charge >= 0.3 is 5.97 Å². The third kappa shape index (κ3) is 5.26. The number of pyridine rings is 1. The lowest BCUT2D eigenvalue weighted by Gasteiger charge is -2.33. The largest absolute Gasteiger partial charge is 0.458 e. The topological polar surface area (TPSA) is 104 Å². The van der Waals surface area contributed by atoms with Gasteiger partial charge in [0.15, 0.2) is 5.65 Å². The van der Waals surface area contributed by atoms with Crippen molar-refractivity contribution in [3.63, 3.8) is 0 Å². The average molecular weight is 563 g/mol. The zero-order chi connectivity index (χ0) is 28.4. The van der Waals surface area contributed by atoms with Gasteiger partial charge in [0.25, 0.3) is 10.0 Å². The van der Waals surface area contributed by atoms with Crippen molar-refractivity contribution in [1.29, 1.82) is 0 Å². The van der Waals surface area contributed by atoms with Crippen molar-refractivity contribution in [2.75, 3.05) is 13.1 Å². The van der Waals surface area contributed by atoms with Gasteiger partial charge < -0.3 is 13.9 Å². The molecule has 4 aromatic heterocycles. The van der Waals surface area contributed by atoms with E-state index >= 15 is 0 Å². The van der Waals surface area contributed by atoms with Gasteiger partial charge in [0, 0.05) is 63.6 Å². The Bertz CT molecular complexity index is 1730. The van der Waals surface area contributed by atoms with Crippen LogP contribution in [0.25, 0.3) is 22.1 Å². The molecule has 0 aromatic carbocycles. The van der Waals surface area contributed by atoms with Crippen LogP contribution in [0, 0.1) is 0 Å². The van der Waals surface area contributed by atoms with Crippen LogP contribution in [0.2, 0.25) is 0 Å². The van der Waals surface area contributed by atoms with Crippen LogP contribution in [0.4, 0.5) is 0 Å². The van der Waals surface area contributed by atoms with Gasteiger partial charge in [-0.05, 0) is 49.6 Å². The van der Waals surface area contributed by atoms with Crippen molar-refractivity contribution < 1.29 is 17.9 Å². The Balaban J connectivity index is 1.55. The molecule has 0 atom stereocenters. The summed E-state index contributed by atoms with van der Waals surface area (Å²) in [5, 5.41) is 0.670. The Labute approximate surface area is 233 Å². The monoisotopic (exact) mass is 562 g/mol. The highest BCUT2D eigenvalue weighted by molar-refractivity contribution is 7.94. The average Bonchev–Trinajstić information content (AvgIpc) is 3.64. The van der Waals surface area contributed by atoms with Crippen LogP contribution in [0.1, 0.15) is 44.1 Å². The van der Waals surface area contributed by atoms with Gasteiger partial charge in [-0.2, -0.15) is 0 Å². The van der Waals surface area contributed by atoms with E-state index in [1.54, 1.807) is 24.4 Å². The van der Waals surface area contributed by atoms with Crippen LogP contribution in [0.15, 0.2) is 72.7 Å². The lowest BCUT2D eigenvalue weighted by Crippen LogP contribution is -2.34. The van der Waals surface area contributed by atoms with Crippen molar-refractivity contribution in [3.8, 4) is 0 Å². The van der Waals surface area contributed by atoms with Gasteiger partial charge in [-0.15, -0.1) is 0 Å². The van der Waals surface area contributed by atoms with Gasteiger partial charge in [0.2, 0.25) is 0 Å². The molecular weight excluding hydrogens is 528 g/mol. The van der Waals surface area contributed by atoms with E-state index in [1.165, 1.54) is 34.8 Å². The first kappa shape index (κ1) is 27.6. The summed E-state index contributed by atoms with van der Waals surface area (Å²) in [5.74, 6) is 0.234. The molecule has 0 amide bonds. The molecule has 0 radical (unpaired) electrons. The molecule has 1 saturated heterocycles. The van der Waals surface area contributed by atoms with Crippen LogP contribution in [-0.2, 0) is 39.8 Å². The van der Waals surface area contributed by atoms with Gasteiger partial charge in [-0.1, -0.05) is 18.7 Å². The number of esters is 1. The number of piperidine rings is 1. The fourth-order valence-electron chi connectivity index (χ4n) is 5.36. The number of ether oxygens (including phenoxy) is 1. The Morgan fingerprint density at radius 2 is 2.00 bits per heavy atom. The molecule has 1 fully saturated rings. The molecule has 40 heavy (non-hydrogen) atoms. The first-order chi connectivity index (χ1) is 19.2. The van der Waals surface area contributed by atoms with E-state index in [0.29, 0.717) is 22.4 Å². The molecule has 0 unspecified atom stereocenters. The summed E-state index contributed by atoms with van der Waals surface area (Å²) in [5.41, 5.74) is 3.01. The summed E-state index contributed by atoms with van der Waals surface area (Å²) in [7, 11) is -1.90. The van der Waals surface area contributed by atoms with Crippen LogP contribution in [-0.4, -0.2) is 55.5 Å². The number of hydrogen-bond acceptors (Lipinski definition) is 7. The van der Waals surface area contributed by atoms with Crippen LogP contribution in [0.3, 0.4) is 0 Å². The molecule has 5 heterocycles. The quantitative estimate of drug-likeness (QED) is 0.219. The first-order valence-electron chi connectivity index (χ1n) is 13.3. The molecule has 11 heteroatoms. The number of likely N-dealkylation sites (tertiary alicyclic amines) is 1. The SMILES string of the molecule is C=C/C(=C\C=C/C)S(=O)(=O)n1ccc2c1ncc1nc(COC(C)=O)n(C3CCN(Cc4ccn(C)c4)CC3)c12. The summed E-state index contributed by atoms with van der Waals surface area (Å²) in [6.07, 6.45) is 15.3. The third-order valence-electron chi connectivity index (χ3n) is 7.24. The number of carbonyl (C=O) groups excluding carboxylic acids is 1. The van der Waals surface area contributed by atoms with E-state index in [2.05, 4.69) is 44.1 Å². The molecule has 1 aliphatic rings. The van der Waals surface area contributed by atoms with Crippen LogP contribution >= 0.6 is 0 Å². The minimum atomic E-state index is -3.92. The highest BCUT2D eigenvalue weighted by Gasteiger charge is 2.28. The molecule has 1 aliphatic heterocycles. The number of rotatable bonds is 9. The van der Waals surface area contributed by atoms with E-state index in [0.717, 1.165) is 38.0 Å². The molecule has 210 valence electrons. The van der Waals surface area contributed by atoms with E-state index < -0.39 is 10.0 Å². The van der Waals surface area contributed by atoms with Crippen molar-refractivity contribution >= 4 is 38.1 Å². The minimum Gasteiger partial charge on any atom is -0.458 e. The number of imidazole rings is 1. The standard InChI is InChI=1S/C29H34N6O4S/c1-5-7-8-24(6-2)40(37,38)34-16-12-25-28-26(17-30-29(25)34)31-27(20-39-21(3)36)35(28)23-10-14-33(15-11-23)19-22-9-13-32(4)18-22/h5-9,12-13,16-18,23H,2,10-11,14-15,19-20H2,1,3-4H3/b7-5-,24-8+. The molecular formula is C29H34N6O4S. The van der Waals surface area contributed by atoms with Gasteiger partial charge in [-0.25, -0.2) is 22.4 Å². The molecule has 5 rings (SSSR count). The second kappa shape index (κ2) is 11.3. The summed E-state index contributed by atoms with van der Waals surface area (Å²) < 4.78 is 37.7. The number of aromatic nitrogens is 5. The third-order valence-corrected chi connectivity index (χ3v) is 8.95. The zero-order valence-electron chi connectivity index (χ0n) is 23.0. The zero-order valence-corrected chi connectivity index (χ0v) is 23.8. The molecule has 0 spiro atoms. The van der Waals surface area contributed by atoms with Crippen molar-refractivity contribution in [3.05, 3.63) is 84.1 Å². The summed E-state index contributed by atoms with van der Waals surface area (Å²) in [6, 6.07) is 4.00. The number of hydrogen-bond donors (Lipinski definition) is 0. The molecule has 0 N–H and O–H groups in total. The Morgan fingerprint density at radius 3 is 2.65 bits per heavy atom. The van der Waals surface area contributed by atoms with Gasteiger partial charge in [-0.3, -0.25) is 9.69 Å². The Kier molecular flexibility index (Phi) is 7.77. The fourth-order valence-corrected chi connectivity index (χ4v) is 6.65. The number of carbonyl (C=O) groups is 1. The Morgan fingerprint density at radius 1 is 1.23 bits per heavy atom. The first-order valence-corrected chi connectivity index (χ1v) is 14.7. The van der Waals surface area contributed by atoms with E-state index in [4.69, 9.17) is 9.72 Å². The lowest BCUT2D eigenvalue weighted by atomic mass is 10.0. The molecule has 0 aliphatic carbocycles. The second-order valence-electron chi connectivity index (χ2n) is 10.0. The smallest absolute Gasteiger partial charge is 0.303 e. The van der Waals surface area contributed by atoms with Gasteiger partial charge in [0.1, 0.15) is 17.9 Å². The molecule has 0 saturated carbocycles. The van der Waals surface area contributed by atoms with E-state index in [-0.39, 0.29) is 23.5 Å². The molecule has 4 aromatic rings. The number of fused-ring (bicyclic) bond motifs is 3. The van der Waals surface area contributed by atoms with Crippen molar-refractivity contribution in [2.45, 2.75) is 45.9 Å². The predicted molar refractivity (Wildman–Crippen MR) is 155 cm³/mol. The highest BCUT2D eigenvalue weighted by atomic mass is 32.2. The van der Waals surface area contributed by atoms with E-state index in [9.17, 15) is 13.2 Å². The molecule has 0 bridgehead atoms. The van der Waals surface area contributed by atoms with Gasteiger partial charge in [0.05, 0.1) is 16.6 Å². The second-order valence-corrected chi connectivity index (χ2v) is 11.8. The predicted octanol–water partition coefficient (Wildman–Crippen LogP) is 4.45. The summed E-state index contributed by atoms with van der Waals surface area (Å²) >= 11 is 0. The Hall–Kier alpha value is -3.96. The summed E-state index contributed by atoms with van der Waals surface area (Å²) in [4.78, 5) is 23.4. The van der Waals surface area contributed by atoms with Crippen LogP contribution in [0.5, 0.6) is 0 Å². The maximum absolute atomic E-state index is 13.5. The van der Waals surface area contributed by atoms with Crippen molar-refractivity contribution in [1.82, 2.24) is 28.0 Å². The maximum Gasteiger partial charge on any atom is 0.303 e. The fraction of sp³-hybridized carbons (Fsp3) is 0.345. The highest BCUT2D eigenvalue weighted by Crippen LogP contribution is 2.34.